The Morgan fingerprint density at radius 2 is 2.06 bits per heavy atom. The van der Waals surface area contributed by atoms with Crippen molar-refractivity contribution >= 4 is 5.97 Å². The molecule has 0 heterocycles. The number of aliphatic hydroxyl groups is 2. The average Bonchev–Trinajstić information content (AvgIpc) is 2.28. The van der Waals surface area contributed by atoms with E-state index in [0.717, 1.165) is 0 Å². The Bertz CT molecular complexity index is 405. The van der Waals surface area contributed by atoms with Crippen molar-refractivity contribution in [3.8, 4) is 0 Å². The van der Waals surface area contributed by atoms with Crippen LogP contribution in [0.1, 0.15) is 27.6 Å². The van der Waals surface area contributed by atoms with Crippen LogP contribution in [0.2, 0.25) is 0 Å². The number of carboxylic acid groups (broad SMARTS) is 1. The lowest BCUT2D eigenvalue weighted by atomic mass is 9.99. The molecular formula is C12H17NO4. The van der Waals surface area contributed by atoms with Crippen LogP contribution in [-0.2, 0) is 0 Å². The van der Waals surface area contributed by atoms with Crippen LogP contribution >= 0.6 is 0 Å². The lowest BCUT2D eigenvalue weighted by Gasteiger charge is -2.18. The molecular weight excluding hydrogens is 222 g/mol. The minimum Gasteiger partial charge on any atom is -0.478 e. The molecule has 0 aliphatic heterocycles. The molecule has 0 aromatic heterocycles. The van der Waals surface area contributed by atoms with Gasteiger partial charge in [0.05, 0.1) is 11.7 Å². The minimum atomic E-state index is -1.10. The number of carbonyl (C=O) groups is 1. The van der Waals surface area contributed by atoms with Crippen molar-refractivity contribution in [1.29, 1.82) is 0 Å². The number of hydrogen-bond donors (Lipinski definition) is 4. The molecule has 2 atom stereocenters. The second-order valence-electron chi connectivity index (χ2n) is 3.95. The molecule has 5 heteroatoms. The topological polar surface area (TPSA) is 89.8 Å². The largest absolute Gasteiger partial charge is 0.478 e. The summed E-state index contributed by atoms with van der Waals surface area (Å²) in [7, 11) is 1.66. The van der Waals surface area contributed by atoms with Gasteiger partial charge in [-0.05, 0) is 31.2 Å². The van der Waals surface area contributed by atoms with Crippen LogP contribution in [-0.4, -0.2) is 41.0 Å². The van der Waals surface area contributed by atoms with Gasteiger partial charge in [-0.1, -0.05) is 12.1 Å². The third-order valence-corrected chi connectivity index (χ3v) is 2.61. The average molecular weight is 239 g/mol. The summed E-state index contributed by atoms with van der Waals surface area (Å²) in [5.41, 5.74) is 1.16. The zero-order chi connectivity index (χ0) is 13.0. The number of likely N-dealkylation sites (N-methyl/N-ethyl adjacent to an activating group) is 1. The van der Waals surface area contributed by atoms with Gasteiger partial charge in [-0.25, -0.2) is 4.79 Å². The highest BCUT2D eigenvalue weighted by Crippen LogP contribution is 2.20. The van der Waals surface area contributed by atoms with E-state index in [4.69, 9.17) is 5.11 Å². The van der Waals surface area contributed by atoms with Crippen molar-refractivity contribution in [3.63, 3.8) is 0 Å². The van der Waals surface area contributed by atoms with Crippen LogP contribution in [0.15, 0.2) is 18.2 Å². The first-order valence-corrected chi connectivity index (χ1v) is 5.32. The predicted molar refractivity (Wildman–Crippen MR) is 63.0 cm³/mol. The van der Waals surface area contributed by atoms with Gasteiger partial charge >= 0.3 is 5.97 Å². The van der Waals surface area contributed by atoms with Crippen molar-refractivity contribution in [2.24, 2.45) is 0 Å². The summed E-state index contributed by atoms with van der Waals surface area (Å²) in [5.74, 6) is -1.04. The van der Waals surface area contributed by atoms with Crippen LogP contribution in [0.5, 0.6) is 0 Å². The van der Waals surface area contributed by atoms with Crippen molar-refractivity contribution in [3.05, 3.63) is 34.9 Å². The van der Waals surface area contributed by atoms with Crippen LogP contribution in [0.25, 0.3) is 0 Å². The maximum absolute atomic E-state index is 10.9. The Labute approximate surface area is 99.7 Å². The standard InChI is InChI=1S/C12H17NO4/c1-7-3-4-8(5-9(7)12(16)17)11(15)10(14)6-13-2/h3-5,10-11,13-15H,6H2,1-2H3,(H,16,17). The number of aryl methyl sites for hydroxylation is 1. The fourth-order valence-electron chi connectivity index (χ4n) is 1.60. The van der Waals surface area contributed by atoms with E-state index >= 15 is 0 Å². The van der Waals surface area contributed by atoms with Crippen LogP contribution in [0.4, 0.5) is 0 Å². The molecule has 1 aromatic rings. The fraction of sp³-hybridized carbons (Fsp3) is 0.417. The molecule has 17 heavy (non-hydrogen) atoms. The molecule has 2 unspecified atom stereocenters. The second-order valence-corrected chi connectivity index (χ2v) is 3.95. The molecule has 0 aliphatic carbocycles. The van der Waals surface area contributed by atoms with E-state index in [-0.39, 0.29) is 12.1 Å². The van der Waals surface area contributed by atoms with E-state index in [2.05, 4.69) is 5.32 Å². The van der Waals surface area contributed by atoms with Gasteiger partial charge in [-0.2, -0.15) is 0 Å². The Morgan fingerprint density at radius 1 is 1.41 bits per heavy atom. The van der Waals surface area contributed by atoms with Gasteiger partial charge in [0.1, 0.15) is 6.10 Å². The molecule has 0 saturated heterocycles. The highest BCUT2D eigenvalue weighted by molar-refractivity contribution is 5.89. The van der Waals surface area contributed by atoms with E-state index in [0.29, 0.717) is 11.1 Å². The van der Waals surface area contributed by atoms with Gasteiger partial charge in [-0.15, -0.1) is 0 Å². The van der Waals surface area contributed by atoms with Crippen LogP contribution in [0, 0.1) is 6.92 Å². The van der Waals surface area contributed by atoms with Gasteiger partial charge in [0.15, 0.2) is 0 Å². The Morgan fingerprint density at radius 3 is 2.59 bits per heavy atom. The fourth-order valence-corrected chi connectivity index (χ4v) is 1.60. The first kappa shape index (κ1) is 13.6. The number of aliphatic hydroxyl groups excluding tert-OH is 2. The van der Waals surface area contributed by atoms with Gasteiger partial charge < -0.3 is 20.6 Å². The van der Waals surface area contributed by atoms with Crippen LogP contribution < -0.4 is 5.32 Å². The lowest BCUT2D eigenvalue weighted by molar-refractivity contribution is 0.0201. The molecule has 0 radical (unpaired) electrons. The third-order valence-electron chi connectivity index (χ3n) is 2.61. The van der Waals surface area contributed by atoms with E-state index < -0.39 is 18.2 Å². The normalized spacial score (nSPS) is 14.4. The van der Waals surface area contributed by atoms with Crippen molar-refractivity contribution in [2.45, 2.75) is 19.1 Å². The van der Waals surface area contributed by atoms with Crippen molar-refractivity contribution in [2.75, 3.05) is 13.6 Å². The summed E-state index contributed by atoms with van der Waals surface area (Å²) in [6.45, 7) is 1.92. The summed E-state index contributed by atoms with van der Waals surface area (Å²) in [4.78, 5) is 10.9. The highest BCUT2D eigenvalue weighted by Gasteiger charge is 2.19. The Hall–Kier alpha value is -1.43. The smallest absolute Gasteiger partial charge is 0.335 e. The summed E-state index contributed by atoms with van der Waals surface area (Å²) in [5, 5.41) is 31.1. The van der Waals surface area contributed by atoms with E-state index in [1.54, 1.807) is 26.1 Å². The molecule has 4 N–H and O–H groups in total. The number of nitrogens with one attached hydrogen (secondary N) is 1. The molecule has 0 aliphatic rings. The quantitative estimate of drug-likeness (QED) is 0.593. The molecule has 0 spiro atoms. The molecule has 0 amide bonds. The Kier molecular flexibility index (Phi) is 4.62. The number of carboxylic acids is 1. The lowest BCUT2D eigenvalue weighted by Crippen LogP contribution is -2.29. The van der Waals surface area contributed by atoms with Crippen molar-refractivity contribution < 1.29 is 20.1 Å². The molecule has 5 nitrogen and oxygen atoms in total. The zero-order valence-corrected chi connectivity index (χ0v) is 9.84. The molecule has 94 valence electrons. The van der Waals surface area contributed by atoms with Crippen LogP contribution in [0.3, 0.4) is 0 Å². The van der Waals surface area contributed by atoms with Crippen molar-refractivity contribution in [1.82, 2.24) is 5.32 Å². The number of benzene rings is 1. The molecule has 0 bridgehead atoms. The van der Waals surface area contributed by atoms with E-state index in [1.807, 2.05) is 0 Å². The molecule has 1 aromatic carbocycles. The third kappa shape index (κ3) is 3.26. The highest BCUT2D eigenvalue weighted by atomic mass is 16.4. The molecule has 0 saturated carbocycles. The first-order chi connectivity index (χ1) is 7.97. The maximum Gasteiger partial charge on any atom is 0.335 e. The summed E-state index contributed by atoms with van der Waals surface area (Å²) in [6.07, 6.45) is -2.06. The summed E-state index contributed by atoms with van der Waals surface area (Å²) < 4.78 is 0. The van der Waals surface area contributed by atoms with E-state index in [9.17, 15) is 15.0 Å². The monoisotopic (exact) mass is 239 g/mol. The molecule has 1 rings (SSSR count). The minimum absolute atomic E-state index is 0.137. The number of aromatic carboxylic acids is 1. The van der Waals surface area contributed by atoms with Gasteiger partial charge in [-0.3, -0.25) is 0 Å². The number of rotatable bonds is 5. The summed E-state index contributed by atoms with van der Waals surface area (Å²) >= 11 is 0. The maximum atomic E-state index is 10.9. The van der Waals surface area contributed by atoms with Gasteiger partial charge in [0.25, 0.3) is 0 Å². The molecule has 0 fully saturated rings. The zero-order valence-electron chi connectivity index (χ0n) is 9.84. The Balaban J connectivity index is 2.99. The number of hydrogen-bond acceptors (Lipinski definition) is 4. The second kappa shape index (κ2) is 5.77. The SMILES string of the molecule is CNCC(O)C(O)c1ccc(C)c(C(=O)O)c1. The predicted octanol–water partition coefficient (Wildman–Crippen LogP) is 0.307. The van der Waals surface area contributed by atoms with E-state index in [1.165, 1.54) is 6.07 Å². The van der Waals surface area contributed by atoms with Gasteiger partial charge in [0, 0.05) is 6.54 Å². The first-order valence-electron chi connectivity index (χ1n) is 5.32. The summed E-state index contributed by atoms with van der Waals surface area (Å²) in [6, 6.07) is 4.63. The van der Waals surface area contributed by atoms with Gasteiger partial charge in [0.2, 0.25) is 0 Å².